The Kier molecular flexibility index (Phi) is 3.96. The van der Waals surface area contributed by atoms with Gasteiger partial charge >= 0.3 is 0 Å². The van der Waals surface area contributed by atoms with Crippen LogP contribution in [0.2, 0.25) is 0 Å². The summed E-state index contributed by atoms with van der Waals surface area (Å²) in [4.78, 5) is 2.37. The molecule has 0 aliphatic carbocycles. The Bertz CT molecular complexity index is 398. The largest absolute Gasteiger partial charge is 0.373 e. The van der Waals surface area contributed by atoms with Crippen molar-refractivity contribution in [2.45, 2.75) is 39.7 Å². The molecule has 0 amide bonds. The molecular weight excluding hydrogens is 220 g/mol. The van der Waals surface area contributed by atoms with E-state index in [1.165, 1.54) is 24.1 Å². The van der Waals surface area contributed by atoms with Crippen molar-refractivity contribution in [1.82, 2.24) is 5.32 Å². The Hall–Kier alpha value is -1.02. The molecule has 0 aromatic heterocycles. The number of hydrogen-bond acceptors (Lipinski definition) is 2. The fourth-order valence-corrected chi connectivity index (χ4v) is 2.83. The lowest BCUT2D eigenvalue weighted by Gasteiger charge is -2.41. The predicted molar refractivity (Wildman–Crippen MR) is 79.3 cm³/mol. The highest BCUT2D eigenvalue weighted by Crippen LogP contribution is 2.31. The van der Waals surface area contributed by atoms with E-state index in [0.717, 1.165) is 13.1 Å². The first kappa shape index (κ1) is 13.4. The van der Waals surface area contributed by atoms with Crippen LogP contribution in [-0.4, -0.2) is 26.2 Å². The van der Waals surface area contributed by atoms with Gasteiger partial charge < -0.3 is 10.2 Å². The van der Waals surface area contributed by atoms with Crippen LogP contribution in [0.15, 0.2) is 24.3 Å². The van der Waals surface area contributed by atoms with E-state index in [0.29, 0.717) is 11.5 Å². The maximum Gasteiger partial charge on any atom is 0.0366 e. The van der Waals surface area contributed by atoms with Gasteiger partial charge in [0.05, 0.1) is 0 Å². The lowest BCUT2D eigenvalue weighted by molar-refractivity contribution is 0.184. The molecule has 1 N–H and O–H groups in total. The normalized spacial score (nSPS) is 22.8. The smallest absolute Gasteiger partial charge is 0.0366 e. The molecule has 1 aliphatic heterocycles. The van der Waals surface area contributed by atoms with Gasteiger partial charge in [0.2, 0.25) is 0 Å². The molecule has 0 bridgehead atoms. The average Bonchev–Trinajstić information content (AvgIpc) is 2.31. The average molecular weight is 246 g/mol. The van der Waals surface area contributed by atoms with Gasteiger partial charge in [-0.3, -0.25) is 0 Å². The van der Waals surface area contributed by atoms with Crippen LogP contribution in [0, 0.1) is 12.3 Å². The second-order valence-corrected chi connectivity index (χ2v) is 6.32. The number of nitrogens with zero attached hydrogens (tertiary/aromatic N) is 1. The second-order valence-electron chi connectivity index (χ2n) is 6.32. The van der Waals surface area contributed by atoms with Gasteiger partial charge in [-0.15, -0.1) is 0 Å². The zero-order valence-electron chi connectivity index (χ0n) is 12.2. The molecule has 1 aromatic rings. The Balaban J connectivity index is 2.04. The first-order valence-electron chi connectivity index (χ1n) is 7.00. The lowest BCUT2D eigenvalue weighted by Crippen LogP contribution is -2.52. The van der Waals surface area contributed by atoms with E-state index in [1.807, 2.05) is 0 Å². The van der Waals surface area contributed by atoms with E-state index < -0.39 is 0 Å². The van der Waals surface area contributed by atoms with Crippen molar-refractivity contribution in [3.63, 3.8) is 0 Å². The fourth-order valence-electron chi connectivity index (χ4n) is 2.83. The summed E-state index contributed by atoms with van der Waals surface area (Å²) in [7, 11) is 2.20. The molecule has 0 saturated carbocycles. The van der Waals surface area contributed by atoms with Crippen molar-refractivity contribution < 1.29 is 0 Å². The Morgan fingerprint density at radius 3 is 2.83 bits per heavy atom. The van der Waals surface area contributed by atoms with Crippen LogP contribution in [0.25, 0.3) is 0 Å². The Morgan fingerprint density at radius 1 is 1.39 bits per heavy atom. The Morgan fingerprint density at radius 2 is 2.17 bits per heavy atom. The maximum absolute atomic E-state index is 3.68. The Labute approximate surface area is 111 Å². The highest BCUT2D eigenvalue weighted by atomic mass is 15.1. The van der Waals surface area contributed by atoms with E-state index in [4.69, 9.17) is 0 Å². The van der Waals surface area contributed by atoms with Crippen molar-refractivity contribution in [2.75, 3.05) is 25.0 Å². The molecule has 100 valence electrons. The molecule has 1 unspecified atom stereocenters. The number of benzene rings is 1. The van der Waals surface area contributed by atoms with Gasteiger partial charge in [0.1, 0.15) is 0 Å². The van der Waals surface area contributed by atoms with Gasteiger partial charge in [0, 0.05) is 25.3 Å². The predicted octanol–water partition coefficient (Wildman–Crippen LogP) is 3.21. The zero-order valence-corrected chi connectivity index (χ0v) is 12.2. The quantitative estimate of drug-likeness (QED) is 0.881. The number of hydrogen-bond donors (Lipinski definition) is 1. The monoisotopic (exact) mass is 246 g/mol. The molecule has 1 atom stereocenters. The van der Waals surface area contributed by atoms with Crippen LogP contribution in [0.4, 0.5) is 5.69 Å². The third-order valence-electron chi connectivity index (χ3n) is 4.23. The van der Waals surface area contributed by atoms with Gasteiger partial charge in [-0.1, -0.05) is 26.0 Å². The zero-order chi connectivity index (χ0) is 13.2. The summed E-state index contributed by atoms with van der Waals surface area (Å²) in [5, 5.41) is 3.68. The number of rotatable bonds is 3. The number of likely N-dealkylation sites (N-methyl/N-ethyl adjacent to an activating group) is 1. The van der Waals surface area contributed by atoms with Crippen LogP contribution in [0.5, 0.6) is 0 Å². The first-order chi connectivity index (χ1) is 8.49. The van der Waals surface area contributed by atoms with Crippen molar-refractivity contribution in [3.8, 4) is 0 Å². The van der Waals surface area contributed by atoms with Crippen LogP contribution >= 0.6 is 0 Å². The van der Waals surface area contributed by atoms with E-state index in [-0.39, 0.29) is 0 Å². The fraction of sp³-hybridized carbons (Fsp3) is 0.625. The molecule has 18 heavy (non-hydrogen) atoms. The number of aryl methyl sites for hydroxylation is 1. The molecule has 1 aliphatic rings. The highest BCUT2D eigenvalue weighted by molar-refractivity contribution is 5.47. The molecule has 1 aromatic carbocycles. The minimum absolute atomic E-state index is 0.399. The molecule has 2 nitrogen and oxygen atoms in total. The SMILES string of the molecule is Cc1cccc(N(C)CC2NCCCC2(C)C)c1. The molecule has 1 fully saturated rings. The summed E-state index contributed by atoms with van der Waals surface area (Å²) in [5.41, 5.74) is 3.05. The summed E-state index contributed by atoms with van der Waals surface area (Å²) in [6.07, 6.45) is 2.63. The van der Waals surface area contributed by atoms with Crippen LogP contribution < -0.4 is 10.2 Å². The van der Waals surface area contributed by atoms with Crippen LogP contribution in [0.1, 0.15) is 32.3 Å². The standard InChI is InChI=1S/C16H26N2/c1-13-7-5-8-14(11-13)18(4)12-15-16(2,3)9-6-10-17-15/h5,7-8,11,15,17H,6,9-10,12H2,1-4H3. The summed E-state index contributed by atoms with van der Waals surface area (Å²) in [5.74, 6) is 0. The van der Waals surface area contributed by atoms with Crippen LogP contribution in [-0.2, 0) is 0 Å². The minimum atomic E-state index is 0.399. The van der Waals surface area contributed by atoms with Crippen molar-refractivity contribution in [3.05, 3.63) is 29.8 Å². The van der Waals surface area contributed by atoms with Crippen molar-refractivity contribution in [1.29, 1.82) is 0 Å². The topological polar surface area (TPSA) is 15.3 Å². The van der Waals surface area contributed by atoms with Gasteiger partial charge in [-0.2, -0.15) is 0 Å². The van der Waals surface area contributed by atoms with Crippen LogP contribution in [0.3, 0.4) is 0 Å². The van der Waals surface area contributed by atoms with E-state index in [2.05, 4.69) is 62.3 Å². The first-order valence-corrected chi connectivity index (χ1v) is 7.00. The molecular formula is C16H26N2. The van der Waals surface area contributed by atoms with Gasteiger partial charge in [0.25, 0.3) is 0 Å². The van der Waals surface area contributed by atoms with Gasteiger partial charge in [-0.25, -0.2) is 0 Å². The summed E-state index contributed by atoms with van der Waals surface area (Å²) >= 11 is 0. The maximum atomic E-state index is 3.68. The third kappa shape index (κ3) is 3.05. The molecule has 0 radical (unpaired) electrons. The highest BCUT2D eigenvalue weighted by Gasteiger charge is 2.32. The van der Waals surface area contributed by atoms with E-state index in [9.17, 15) is 0 Å². The lowest BCUT2D eigenvalue weighted by atomic mass is 9.77. The van der Waals surface area contributed by atoms with E-state index >= 15 is 0 Å². The second kappa shape index (κ2) is 5.31. The van der Waals surface area contributed by atoms with Crippen molar-refractivity contribution >= 4 is 5.69 Å². The molecule has 2 heteroatoms. The minimum Gasteiger partial charge on any atom is -0.373 e. The molecule has 2 rings (SSSR count). The summed E-state index contributed by atoms with van der Waals surface area (Å²) < 4.78 is 0. The number of anilines is 1. The van der Waals surface area contributed by atoms with E-state index in [1.54, 1.807) is 0 Å². The molecule has 1 heterocycles. The summed E-state index contributed by atoms with van der Waals surface area (Å²) in [6, 6.07) is 9.33. The summed E-state index contributed by atoms with van der Waals surface area (Å²) in [6.45, 7) is 9.16. The number of piperidine rings is 1. The molecule has 0 spiro atoms. The third-order valence-corrected chi connectivity index (χ3v) is 4.23. The van der Waals surface area contributed by atoms with Crippen molar-refractivity contribution in [2.24, 2.45) is 5.41 Å². The number of nitrogens with one attached hydrogen (secondary N) is 1. The molecule has 1 saturated heterocycles. The van der Waals surface area contributed by atoms with Gasteiger partial charge in [-0.05, 0) is 49.4 Å². The van der Waals surface area contributed by atoms with Gasteiger partial charge in [0.15, 0.2) is 0 Å².